The first-order chi connectivity index (χ1) is 11.0. The number of amides is 2. The molecule has 0 radical (unpaired) electrons. The summed E-state index contributed by atoms with van der Waals surface area (Å²) in [7, 11) is 0. The van der Waals surface area contributed by atoms with E-state index in [9.17, 15) is 19.5 Å². The first-order valence-corrected chi connectivity index (χ1v) is 7.93. The van der Waals surface area contributed by atoms with Crippen molar-refractivity contribution in [2.45, 2.75) is 32.2 Å². The van der Waals surface area contributed by atoms with Crippen molar-refractivity contribution in [1.29, 1.82) is 0 Å². The Hall–Kier alpha value is -2.37. The number of rotatable bonds is 3. The minimum absolute atomic E-state index is 0.0788. The van der Waals surface area contributed by atoms with Gasteiger partial charge >= 0.3 is 5.97 Å². The fourth-order valence-electron chi connectivity index (χ4n) is 3.45. The normalized spacial score (nSPS) is 24.3. The number of hydrogen-bond acceptors (Lipinski definition) is 3. The summed E-state index contributed by atoms with van der Waals surface area (Å²) in [6.45, 7) is 2.90. The summed E-state index contributed by atoms with van der Waals surface area (Å²) in [5, 5.41) is 9.19. The number of carboxylic acids is 1. The van der Waals surface area contributed by atoms with E-state index in [1.165, 1.54) is 0 Å². The predicted molar refractivity (Wildman–Crippen MR) is 84.3 cm³/mol. The highest BCUT2D eigenvalue weighted by Gasteiger charge is 2.38. The van der Waals surface area contributed by atoms with Gasteiger partial charge in [0.25, 0.3) is 5.91 Å². The van der Waals surface area contributed by atoms with E-state index in [-0.39, 0.29) is 17.9 Å². The standard InChI is InChI=1S/C17H20N2O4/c1-11-14(17(22)23)7-9-18(11)16(21)12-4-2-5-13(10-12)19-8-3-6-15(19)20/h2,4-5,10-11,14H,3,6-9H2,1H3,(H,22,23). The zero-order valence-corrected chi connectivity index (χ0v) is 13.1. The number of anilines is 1. The van der Waals surface area contributed by atoms with Crippen molar-refractivity contribution in [3.63, 3.8) is 0 Å². The lowest BCUT2D eigenvalue weighted by Gasteiger charge is -2.24. The zero-order chi connectivity index (χ0) is 16.6. The van der Waals surface area contributed by atoms with Gasteiger partial charge in [0, 0.05) is 36.8 Å². The van der Waals surface area contributed by atoms with Gasteiger partial charge in [-0.1, -0.05) is 6.07 Å². The van der Waals surface area contributed by atoms with Gasteiger partial charge in [-0.2, -0.15) is 0 Å². The van der Waals surface area contributed by atoms with Gasteiger partial charge in [0.1, 0.15) is 0 Å². The third-order valence-corrected chi connectivity index (χ3v) is 4.81. The number of hydrogen-bond donors (Lipinski definition) is 1. The van der Waals surface area contributed by atoms with E-state index in [1.54, 1.807) is 34.9 Å². The maximum absolute atomic E-state index is 12.7. The van der Waals surface area contributed by atoms with Crippen LogP contribution in [0.5, 0.6) is 0 Å². The number of carbonyl (C=O) groups is 3. The lowest BCUT2D eigenvalue weighted by molar-refractivity contribution is -0.142. The molecule has 0 bridgehead atoms. The highest BCUT2D eigenvalue weighted by Crippen LogP contribution is 2.28. The summed E-state index contributed by atoms with van der Waals surface area (Å²) >= 11 is 0. The van der Waals surface area contributed by atoms with Gasteiger partial charge in [-0.3, -0.25) is 14.4 Å². The third kappa shape index (κ3) is 2.81. The largest absolute Gasteiger partial charge is 0.481 e. The summed E-state index contributed by atoms with van der Waals surface area (Å²) in [6.07, 6.45) is 1.86. The van der Waals surface area contributed by atoms with Crippen LogP contribution < -0.4 is 4.90 Å². The van der Waals surface area contributed by atoms with Gasteiger partial charge in [0.2, 0.25) is 5.91 Å². The van der Waals surface area contributed by atoms with Crippen LogP contribution in [0.1, 0.15) is 36.5 Å². The van der Waals surface area contributed by atoms with Gasteiger partial charge in [-0.25, -0.2) is 0 Å². The highest BCUT2D eigenvalue weighted by atomic mass is 16.4. The molecular weight excluding hydrogens is 296 g/mol. The van der Waals surface area contributed by atoms with Crippen molar-refractivity contribution in [2.24, 2.45) is 5.92 Å². The van der Waals surface area contributed by atoms with Crippen LogP contribution in [0.25, 0.3) is 0 Å². The van der Waals surface area contributed by atoms with E-state index in [2.05, 4.69) is 0 Å². The number of benzene rings is 1. The molecule has 2 fully saturated rings. The number of nitrogens with zero attached hydrogens (tertiary/aromatic N) is 2. The van der Waals surface area contributed by atoms with Crippen molar-refractivity contribution in [3.8, 4) is 0 Å². The summed E-state index contributed by atoms with van der Waals surface area (Å²) in [5.74, 6) is -1.46. The van der Waals surface area contributed by atoms with Crippen molar-refractivity contribution < 1.29 is 19.5 Å². The van der Waals surface area contributed by atoms with Gasteiger partial charge in [-0.05, 0) is 38.0 Å². The van der Waals surface area contributed by atoms with E-state index in [1.807, 2.05) is 6.07 Å². The zero-order valence-electron chi connectivity index (χ0n) is 13.1. The topological polar surface area (TPSA) is 77.9 Å². The second-order valence-corrected chi connectivity index (χ2v) is 6.17. The molecule has 2 saturated heterocycles. The van der Waals surface area contributed by atoms with Crippen LogP contribution in [0.15, 0.2) is 24.3 Å². The Kier molecular flexibility index (Phi) is 4.07. The molecule has 2 unspecified atom stereocenters. The first-order valence-electron chi connectivity index (χ1n) is 7.93. The molecule has 0 saturated carbocycles. The van der Waals surface area contributed by atoms with Crippen LogP contribution in [0.2, 0.25) is 0 Å². The van der Waals surface area contributed by atoms with Gasteiger partial charge in [0.05, 0.1) is 5.92 Å². The molecule has 2 amide bonds. The molecule has 3 rings (SSSR count). The van der Waals surface area contributed by atoms with Crippen molar-refractivity contribution in [2.75, 3.05) is 18.0 Å². The molecule has 2 atom stereocenters. The Morgan fingerprint density at radius 2 is 2.04 bits per heavy atom. The van der Waals surface area contributed by atoms with E-state index in [0.717, 1.165) is 12.1 Å². The van der Waals surface area contributed by atoms with E-state index in [4.69, 9.17) is 0 Å². The van der Waals surface area contributed by atoms with Crippen LogP contribution in [0, 0.1) is 5.92 Å². The van der Waals surface area contributed by atoms with E-state index in [0.29, 0.717) is 31.5 Å². The van der Waals surface area contributed by atoms with Gasteiger partial charge in [-0.15, -0.1) is 0 Å². The monoisotopic (exact) mass is 316 g/mol. The van der Waals surface area contributed by atoms with Crippen LogP contribution in [-0.4, -0.2) is 46.9 Å². The maximum Gasteiger partial charge on any atom is 0.308 e. The third-order valence-electron chi connectivity index (χ3n) is 4.81. The average Bonchev–Trinajstić information content (AvgIpc) is 3.12. The van der Waals surface area contributed by atoms with Crippen LogP contribution in [0.4, 0.5) is 5.69 Å². The number of carbonyl (C=O) groups excluding carboxylic acids is 2. The molecule has 2 aliphatic rings. The summed E-state index contributed by atoms with van der Waals surface area (Å²) in [4.78, 5) is 39.1. The minimum atomic E-state index is -0.857. The quantitative estimate of drug-likeness (QED) is 0.921. The van der Waals surface area contributed by atoms with E-state index >= 15 is 0 Å². The Labute approximate surface area is 134 Å². The molecule has 1 aromatic rings. The fourth-order valence-corrected chi connectivity index (χ4v) is 3.45. The molecule has 6 heteroatoms. The van der Waals surface area contributed by atoms with Gasteiger partial charge < -0.3 is 14.9 Å². The maximum atomic E-state index is 12.7. The molecule has 1 N–H and O–H groups in total. The average molecular weight is 316 g/mol. The molecule has 2 heterocycles. The number of likely N-dealkylation sites (tertiary alicyclic amines) is 1. The second-order valence-electron chi connectivity index (χ2n) is 6.17. The molecule has 1 aromatic carbocycles. The fraction of sp³-hybridized carbons (Fsp3) is 0.471. The summed E-state index contributed by atoms with van der Waals surface area (Å²) in [6, 6.07) is 6.72. The van der Waals surface area contributed by atoms with Crippen LogP contribution in [-0.2, 0) is 9.59 Å². The molecular formula is C17H20N2O4. The predicted octanol–water partition coefficient (Wildman–Crippen LogP) is 1.75. The van der Waals surface area contributed by atoms with Crippen LogP contribution >= 0.6 is 0 Å². The van der Waals surface area contributed by atoms with Crippen molar-refractivity contribution in [1.82, 2.24) is 4.90 Å². The molecule has 0 spiro atoms. The Morgan fingerprint density at radius 3 is 2.65 bits per heavy atom. The number of carboxylic acid groups (broad SMARTS) is 1. The van der Waals surface area contributed by atoms with Crippen molar-refractivity contribution in [3.05, 3.63) is 29.8 Å². The Bertz CT molecular complexity index is 658. The second kappa shape index (κ2) is 6.02. The molecule has 122 valence electrons. The molecule has 0 aromatic heterocycles. The molecule has 0 aliphatic carbocycles. The lowest BCUT2D eigenvalue weighted by atomic mass is 10.0. The Morgan fingerprint density at radius 1 is 1.26 bits per heavy atom. The smallest absolute Gasteiger partial charge is 0.308 e. The first kappa shape index (κ1) is 15.5. The number of aliphatic carboxylic acids is 1. The molecule has 6 nitrogen and oxygen atoms in total. The highest BCUT2D eigenvalue weighted by molar-refractivity contribution is 5.99. The Balaban J connectivity index is 1.81. The summed E-state index contributed by atoms with van der Waals surface area (Å²) < 4.78 is 0. The van der Waals surface area contributed by atoms with Crippen molar-refractivity contribution >= 4 is 23.5 Å². The summed E-state index contributed by atoms with van der Waals surface area (Å²) in [5.41, 5.74) is 1.24. The molecule has 23 heavy (non-hydrogen) atoms. The van der Waals surface area contributed by atoms with Gasteiger partial charge in [0.15, 0.2) is 0 Å². The van der Waals surface area contributed by atoms with E-state index < -0.39 is 11.9 Å². The van der Waals surface area contributed by atoms with Crippen LogP contribution in [0.3, 0.4) is 0 Å². The lowest BCUT2D eigenvalue weighted by Crippen LogP contribution is -2.37. The SMILES string of the molecule is CC1C(C(=O)O)CCN1C(=O)c1cccc(N2CCCC2=O)c1. The molecule has 2 aliphatic heterocycles. The minimum Gasteiger partial charge on any atom is -0.481 e.